The van der Waals surface area contributed by atoms with Gasteiger partial charge in [0, 0.05) is 0 Å². The minimum atomic E-state index is 0.380. The van der Waals surface area contributed by atoms with Crippen LogP contribution in [0.15, 0.2) is 72.8 Å². The molecule has 0 saturated carbocycles. The SMILES string of the molecule is C[CH]=[Ti+2].[C-]1=CC=CC1.[CH2-]c1ccccc1C1C=Cc2ccccc21. The Hall–Kier alpha value is -1.89. The first-order valence-electron chi connectivity index (χ1n) is 8.12. The van der Waals surface area contributed by atoms with Crippen LogP contribution in [-0.2, 0) is 20.0 Å². The second-order valence-corrected chi connectivity index (χ2v) is 6.36. The molecule has 0 aliphatic heterocycles. The molecule has 2 aliphatic carbocycles. The molecule has 1 atom stereocenters. The van der Waals surface area contributed by atoms with Gasteiger partial charge < -0.3 is 0 Å². The van der Waals surface area contributed by atoms with Gasteiger partial charge in [-0.25, -0.2) is 12.2 Å². The Morgan fingerprint density at radius 1 is 1.08 bits per heavy atom. The molecule has 24 heavy (non-hydrogen) atoms. The van der Waals surface area contributed by atoms with E-state index in [4.69, 9.17) is 0 Å². The summed E-state index contributed by atoms with van der Waals surface area (Å²) < 4.78 is 2.00. The number of rotatable bonds is 1. The maximum atomic E-state index is 4.10. The smallest absolute Gasteiger partial charge is 0.0167 e. The average molecular weight is 346 g/mol. The van der Waals surface area contributed by atoms with Gasteiger partial charge in [-0.1, -0.05) is 42.5 Å². The molecule has 0 N–H and O–H groups in total. The minimum absolute atomic E-state index is 0.380. The van der Waals surface area contributed by atoms with Gasteiger partial charge in [-0.2, -0.15) is 24.6 Å². The fourth-order valence-electron chi connectivity index (χ4n) is 2.70. The molecule has 0 heterocycles. The van der Waals surface area contributed by atoms with Crippen molar-refractivity contribution in [3.8, 4) is 0 Å². The van der Waals surface area contributed by atoms with Gasteiger partial charge >= 0.3 is 31.2 Å². The molecule has 0 amide bonds. The van der Waals surface area contributed by atoms with E-state index in [0.717, 1.165) is 12.0 Å². The van der Waals surface area contributed by atoms with Gasteiger partial charge in [-0.05, 0) is 17.0 Å². The topological polar surface area (TPSA) is 0 Å². The number of hydrogen-bond acceptors (Lipinski definition) is 0. The predicted octanol–water partition coefficient (Wildman–Crippen LogP) is 5.69. The molecule has 2 aromatic carbocycles. The molecule has 0 bridgehead atoms. The predicted molar refractivity (Wildman–Crippen MR) is 102 cm³/mol. The van der Waals surface area contributed by atoms with Crippen LogP contribution < -0.4 is 0 Å². The van der Waals surface area contributed by atoms with E-state index in [1.165, 1.54) is 16.7 Å². The van der Waals surface area contributed by atoms with E-state index in [2.05, 4.69) is 73.7 Å². The van der Waals surface area contributed by atoms with E-state index >= 15 is 0 Å². The fraction of sp³-hybridized carbons (Fsp3) is 0.130. The molecule has 0 radical (unpaired) electrons. The second-order valence-electron chi connectivity index (χ2n) is 5.46. The van der Waals surface area contributed by atoms with Gasteiger partial charge in [-0.15, -0.1) is 24.1 Å². The summed E-state index contributed by atoms with van der Waals surface area (Å²) in [4.78, 5) is 0. The van der Waals surface area contributed by atoms with Crippen molar-refractivity contribution in [3.63, 3.8) is 0 Å². The van der Waals surface area contributed by atoms with Gasteiger partial charge in [0.15, 0.2) is 0 Å². The first kappa shape index (κ1) is 18.5. The summed E-state index contributed by atoms with van der Waals surface area (Å²) in [6.45, 7) is 6.10. The zero-order chi connectivity index (χ0) is 17.2. The van der Waals surface area contributed by atoms with E-state index in [-0.39, 0.29) is 0 Å². The summed E-state index contributed by atoms with van der Waals surface area (Å²) >= 11 is 2.00. The molecule has 0 nitrogen and oxygen atoms in total. The van der Waals surface area contributed by atoms with E-state index < -0.39 is 0 Å². The molecule has 0 spiro atoms. The average Bonchev–Trinajstić information content (AvgIpc) is 3.29. The van der Waals surface area contributed by atoms with Crippen LogP contribution in [0.1, 0.15) is 41.5 Å². The van der Waals surface area contributed by atoms with Crippen LogP contribution in [0, 0.1) is 13.0 Å². The normalized spacial score (nSPS) is 15.9. The maximum Gasteiger partial charge on any atom is -0.0167 e. The van der Waals surface area contributed by atoms with Crippen molar-refractivity contribution >= 4 is 10.4 Å². The van der Waals surface area contributed by atoms with Crippen molar-refractivity contribution in [2.45, 2.75) is 19.3 Å². The molecular formula is C23H22Ti. The molecule has 2 aliphatic rings. The van der Waals surface area contributed by atoms with Crippen molar-refractivity contribution in [2.24, 2.45) is 0 Å². The van der Waals surface area contributed by atoms with Crippen LogP contribution in [-0.4, -0.2) is 4.31 Å². The molecule has 0 saturated heterocycles. The summed E-state index contributed by atoms with van der Waals surface area (Å²) in [6, 6.07) is 16.9. The second kappa shape index (κ2) is 10.1. The van der Waals surface area contributed by atoms with Gasteiger partial charge in [0.05, 0.1) is 0 Å². The first-order valence-corrected chi connectivity index (χ1v) is 9.03. The van der Waals surface area contributed by atoms with Crippen LogP contribution in [0.5, 0.6) is 0 Å². The van der Waals surface area contributed by atoms with Gasteiger partial charge in [0.1, 0.15) is 0 Å². The Kier molecular flexibility index (Phi) is 7.75. The van der Waals surface area contributed by atoms with Crippen LogP contribution >= 0.6 is 0 Å². The Morgan fingerprint density at radius 3 is 2.33 bits per heavy atom. The Labute approximate surface area is 157 Å². The van der Waals surface area contributed by atoms with Crippen molar-refractivity contribution in [2.75, 3.05) is 0 Å². The molecular weight excluding hydrogens is 324 g/mol. The van der Waals surface area contributed by atoms with E-state index in [9.17, 15) is 0 Å². The van der Waals surface area contributed by atoms with Gasteiger partial charge in [-0.3, -0.25) is 6.08 Å². The van der Waals surface area contributed by atoms with E-state index in [1.54, 1.807) is 0 Å². The van der Waals surface area contributed by atoms with Crippen LogP contribution in [0.25, 0.3) is 6.08 Å². The van der Waals surface area contributed by atoms with Crippen LogP contribution in [0.4, 0.5) is 0 Å². The number of allylic oxidation sites excluding steroid dienone is 5. The Balaban J connectivity index is 0.000000217. The largest absolute Gasteiger partial charge is 0.273 e. The molecule has 1 heteroatoms. The molecule has 118 valence electrons. The number of fused-ring (bicyclic) bond motifs is 1. The zero-order valence-electron chi connectivity index (χ0n) is 14.1. The molecule has 0 fully saturated rings. The Bertz CT molecular complexity index is 740. The van der Waals surface area contributed by atoms with Gasteiger partial charge in [0.2, 0.25) is 0 Å². The number of hydrogen-bond donors (Lipinski definition) is 0. The molecule has 1 unspecified atom stereocenters. The third-order valence-corrected chi connectivity index (χ3v) is 3.78. The van der Waals surface area contributed by atoms with Crippen LogP contribution in [0.2, 0.25) is 0 Å². The standard InChI is InChI=1S/C16H13.C5H5.C2H4.Ti/c1-12-6-2-4-8-14(12)16-11-10-13-7-3-5-9-15(13)16;1-2-4-5-3-1;1-2;/h2-11,16H,1H2;1-3H,4H2;1H,2H3;/q2*-1;;+2. The minimum Gasteiger partial charge on any atom is -0.273 e. The molecule has 0 aromatic heterocycles. The Morgan fingerprint density at radius 2 is 1.75 bits per heavy atom. The summed E-state index contributed by atoms with van der Waals surface area (Å²) in [5.74, 6) is 0.380. The summed E-state index contributed by atoms with van der Waals surface area (Å²) in [5.41, 5.74) is 5.15. The quantitative estimate of drug-likeness (QED) is 0.460. The van der Waals surface area contributed by atoms with Crippen LogP contribution in [0.3, 0.4) is 0 Å². The third-order valence-electron chi connectivity index (χ3n) is 3.78. The third kappa shape index (κ3) is 5.06. The van der Waals surface area contributed by atoms with Crippen molar-refractivity contribution in [1.82, 2.24) is 0 Å². The number of benzene rings is 2. The van der Waals surface area contributed by atoms with Gasteiger partial charge in [0.25, 0.3) is 0 Å². The maximum absolute atomic E-state index is 4.10. The van der Waals surface area contributed by atoms with Crippen molar-refractivity contribution in [1.29, 1.82) is 0 Å². The molecule has 4 rings (SSSR count). The fourth-order valence-corrected chi connectivity index (χ4v) is 2.70. The summed E-state index contributed by atoms with van der Waals surface area (Å²) in [5, 5.41) is 0. The zero-order valence-corrected chi connectivity index (χ0v) is 15.6. The monoisotopic (exact) mass is 346 g/mol. The first-order chi connectivity index (χ1) is 11.8. The molecule has 2 aromatic rings. The van der Waals surface area contributed by atoms with E-state index in [1.807, 2.05) is 49.4 Å². The summed E-state index contributed by atoms with van der Waals surface area (Å²) in [6.07, 6.45) is 14.5. The van der Waals surface area contributed by atoms with E-state index in [0.29, 0.717) is 5.92 Å². The summed E-state index contributed by atoms with van der Waals surface area (Å²) in [7, 11) is 0. The van der Waals surface area contributed by atoms with Crippen molar-refractivity contribution in [3.05, 3.63) is 108 Å². The van der Waals surface area contributed by atoms with Crippen molar-refractivity contribution < 1.29 is 20.0 Å².